The molecule has 0 atom stereocenters. The van der Waals surface area contributed by atoms with Crippen molar-refractivity contribution in [1.29, 1.82) is 0 Å². The number of rotatable bonds is 1. The number of hydrogen-bond donors (Lipinski definition) is 1. The maximum absolute atomic E-state index is 13.7. The lowest BCUT2D eigenvalue weighted by Crippen LogP contribution is -2.41. The number of nitrogens with zero attached hydrogens (tertiary/aromatic N) is 1. The summed E-state index contributed by atoms with van der Waals surface area (Å²) in [7, 11) is 0. The fourth-order valence-electron chi connectivity index (χ4n) is 5.11. The van der Waals surface area contributed by atoms with Gasteiger partial charge in [-0.25, -0.2) is 0 Å². The molecule has 0 radical (unpaired) electrons. The van der Waals surface area contributed by atoms with E-state index in [1.165, 1.54) is 12.0 Å². The van der Waals surface area contributed by atoms with Gasteiger partial charge in [-0.3, -0.25) is 9.59 Å². The first kappa shape index (κ1) is 16.5. The highest BCUT2D eigenvalue weighted by molar-refractivity contribution is 6.15. The van der Waals surface area contributed by atoms with Crippen molar-refractivity contribution in [3.63, 3.8) is 0 Å². The van der Waals surface area contributed by atoms with Crippen molar-refractivity contribution in [2.24, 2.45) is 0 Å². The van der Waals surface area contributed by atoms with Crippen LogP contribution in [-0.2, 0) is 5.41 Å². The van der Waals surface area contributed by atoms with Gasteiger partial charge in [0.25, 0.3) is 5.91 Å². The van der Waals surface area contributed by atoms with Crippen molar-refractivity contribution >= 4 is 33.4 Å². The number of aromatic nitrogens is 1. The number of aromatic amines is 1. The van der Waals surface area contributed by atoms with E-state index in [9.17, 15) is 9.59 Å². The maximum Gasteiger partial charge on any atom is 0.260 e. The van der Waals surface area contributed by atoms with E-state index in [-0.39, 0.29) is 16.8 Å². The van der Waals surface area contributed by atoms with Gasteiger partial charge in [0, 0.05) is 33.9 Å². The Morgan fingerprint density at radius 3 is 2.48 bits per heavy atom. The lowest BCUT2D eigenvalue weighted by molar-refractivity contribution is 0.0980. The molecule has 4 aromatic rings. The highest BCUT2D eigenvalue weighted by Crippen LogP contribution is 2.52. The maximum atomic E-state index is 13.7. The van der Waals surface area contributed by atoms with E-state index in [0.717, 1.165) is 30.6 Å². The minimum Gasteiger partial charge on any atom is -0.354 e. The van der Waals surface area contributed by atoms with Crippen molar-refractivity contribution in [1.82, 2.24) is 4.98 Å². The van der Waals surface area contributed by atoms with Gasteiger partial charge in [-0.1, -0.05) is 42.8 Å². The second-order valence-electron chi connectivity index (χ2n) is 8.27. The normalized spacial score (nSPS) is 16.9. The van der Waals surface area contributed by atoms with Crippen LogP contribution in [0.3, 0.4) is 0 Å². The third kappa shape index (κ3) is 2.20. The predicted molar refractivity (Wildman–Crippen MR) is 116 cm³/mol. The molecule has 1 aliphatic carbocycles. The molecule has 1 N–H and O–H groups in total. The highest BCUT2D eigenvalue weighted by Gasteiger charge is 2.48. The summed E-state index contributed by atoms with van der Waals surface area (Å²) in [4.78, 5) is 32.0. The first-order valence-electron chi connectivity index (χ1n) is 10.1. The molecule has 6 rings (SSSR count). The number of amides is 1. The fourth-order valence-corrected chi connectivity index (χ4v) is 5.11. The quantitative estimate of drug-likeness (QED) is 0.484. The molecule has 1 aliphatic heterocycles. The lowest BCUT2D eigenvalue weighted by atomic mass is 9.66. The highest BCUT2D eigenvalue weighted by atomic mass is 16.2. The third-order valence-corrected chi connectivity index (χ3v) is 6.75. The first-order chi connectivity index (χ1) is 14.2. The molecule has 0 unspecified atom stereocenters. The molecular formula is C25H20N2O2. The molecule has 1 aromatic heterocycles. The molecule has 29 heavy (non-hydrogen) atoms. The Hall–Kier alpha value is -3.40. The molecule has 1 saturated carbocycles. The molecule has 142 valence electrons. The van der Waals surface area contributed by atoms with Gasteiger partial charge in [-0.05, 0) is 48.7 Å². The summed E-state index contributed by atoms with van der Waals surface area (Å²) in [6.07, 6.45) is 3.47. The smallest absolute Gasteiger partial charge is 0.260 e. The van der Waals surface area contributed by atoms with Crippen LogP contribution in [0.1, 0.15) is 35.2 Å². The average Bonchev–Trinajstić information content (AvgIpc) is 3.09. The standard InChI is InChI=1S/C25H20N2O2/c28-23-16-7-1-3-11-20(16)26-22-17(23)8-5-9-18(22)24(29)27-15-25(13-6-14-25)19-10-2-4-12-21(19)27/h1-5,7-12H,6,13-15H2,(H,26,28). The van der Waals surface area contributed by atoms with Crippen LogP contribution in [0.15, 0.2) is 71.5 Å². The second-order valence-corrected chi connectivity index (χ2v) is 8.27. The number of H-pyrrole nitrogens is 1. The van der Waals surface area contributed by atoms with Gasteiger partial charge >= 0.3 is 0 Å². The largest absolute Gasteiger partial charge is 0.354 e. The summed E-state index contributed by atoms with van der Waals surface area (Å²) < 4.78 is 0. The van der Waals surface area contributed by atoms with Gasteiger partial charge in [0.15, 0.2) is 5.43 Å². The van der Waals surface area contributed by atoms with Crippen molar-refractivity contribution < 1.29 is 4.79 Å². The Balaban J connectivity index is 1.54. The summed E-state index contributed by atoms with van der Waals surface area (Å²) in [5.74, 6) is -0.0437. The SMILES string of the molecule is O=C(c1cccc2c(=O)c3ccccc3[nH]c12)N1CC2(CCC2)c2ccccc21. The molecule has 0 saturated heterocycles. The summed E-state index contributed by atoms with van der Waals surface area (Å²) in [5.41, 5.74) is 4.29. The number of benzene rings is 3. The Morgan fingerprint density at radius 2 is 1.66 bits per heavy atom. The summed E-state index contributed by atoms with van der Waals surface area (Å²) in [6, 6.07) is 21.1. The zero-order chi connectivity index (χ0) is 19.6. The van der Waals surface area contributed by atoms with Gasteiger partial charge in [-0.2, -0.15) is 0 Å². The average molecular weight is 380 g/mol. The summed E-state index contributed by atoms with van der Waals surface area (Å²) >= 11 is 0. The Bertz CT molecular complexity index is 1360. The molecule has 1 fully saturated rings. The van der Waals surface area contributed by atoms with Crippen LogP contribution in [0, 0.1) is 0 Å². The Labute approximate surface area is 167 Å². The minimum atomic E-state index is -0.0437. The van der Waals surface area contributed by atoms with Crippen LogP contribution >= 0.6 is 0 Å². The monoisotopic (exact) mass is 380 g/mol. The number of carbonyl (C=O) groups is 1. The van der Waals surface area contributed by atoms with Crippen LogP contribution in [0.4, 0.5) is 5.69 Å². The van der Waals surface area contributed by atoms with E-state index < -0.39 is 0 Å². The van der Waals surface area contributed by atoms with Crippen molar-refractivity contribution in [3.8, 4) is 0 Å². The van der Waals surface area contributed by atoms with E-state index in [0.29, 0.717) is 21.9 Å². The fraction of sp³-hybridized carbons (Fsp3) is 0.200. The third-order valence-electron chi connectivity index (χ3n) is 6.75. The molecule has 1 spiro atoms. The molecule has 3 aromatic carbocycles. The van der Waals surface area contributed by atoms with E-state index in [2.05, 4.69) is 17.1 Å². The van der Waals surface area contributed by atoms with Gasteiger partial charge in [0.05, 0.1) is 11.1 Å². The second kappa shape index (κ2) is 5.80. The van der Waals surface area contributed by atoms with Gasteiger partial charge in [0.1, 0.15) is 0 Å². The Kier molecular flexibility index (Phi) is 3.31. The Morgan fingerprint density at radius 1 is 0.897 bits per heavy atom. The zero-order valence-corrected chi connectivity index (χ0v) is 15.9. The number of para-hydroxylation sites is 3. The van der Waals surface area contributed by atoms with E-state index in [1.54, 1.807) is 12.1 Å². The zero-order valence-electron chi connectivity index (χ0n) is 15.9. The van der Waals surface area contributed by atoms with Crippen molar-refractivity contribution in [2.75, 3.05) is 11.4 Å². The molecule has 0 bridgehead atoms. The van der Waals surface area contributed by atoms with Crippen LogP contribution in [0.2, 0.25) is 0 Å². The molecule has 4 heteroatoms. The molecular weight excluding hydrogens is 360 g/mol. The van der Waals surface area contributed by atoms with Crippen LogP contribution in [0.25, 0.3) is 21.8 Å². The van der Waals surface area contributed by atoms with Gasteiger partial charge in [-0.15, -0.1) is 0 Å². The number of carbonyl (C=O) groups excluding carboxylic acids is 1. The summed E-state index contributed by atoms with van der Waals surface area (Å²) in [5, 5.41) is 1.20. The van der Waals surface area contributed by atoms with Crippen LogP contribution < -0.4 is 10.3 Å². The topological polar surface area (TPSA) is 53.2 Å². The number of fused-ring (bicyclic) bond motifs is 4. The molecule has 2 heterocycles. The number of nitrogens with one attached hydrogen (secondary N) is 1. The minimum absolute atomic E-state index is 0.0405. The van der Waals surface area contributed by atoms with Gasteiger partial charge in [0.2, 0.25) is 0 Å². The number of pyridine rings is 1. The van der Waals surface area contributed by atoms with E-state index in [1.807, 2.05) is 47.4 Å². The predicted octanol–water partition coefficient (Wildman–Crippen LogP) is 4.76. The van der Waals surface area contributed by atoms with Gasteiger partial charge < -0.3 is 9.88 Å². The summed E-state index contributed by atoms with van der Waals surface area (Å²) in [6.45, 7) is 0.722. The molecule has 4 nitrogen and oxygen atoms in total. The lowest BCUT2D eigenvalue weighted by Gasteiger charge is -2.39. The molecule has 2 aliphatic rings. The van der Waals surface area contributed by atoms with Crippen LogP contribution in [0.5, 0.6) is 0 Å². The molecule has 1 amide bonds. The van der Waals surface area contributed by atoms with Crippen molar-refractivity contribution in [3.05, 3.63) is 88.1 Å². The van der Waals surface area contributed by atoms with Crippen LogP contribution in [-0.4, -0.2) is 17.4 Å². The number of anilines is 1. The van der Waals surface area contributed by atoms with Crippen molar-refractivity contribution in [2.45, 2.75) is 24.7 Å². The van der Waals surface area contributed by atoms with E-state index in [4.69, 9.17) is 0 Å². The first-order valence-corrected chi connectivity index (χ1v) is 10.1. The van der Waals surface area contributed by atoms with E-state index >= 15 is 0 Å². The number of hydrogen-bond acceptors (Lipinski definition) is 2.